The van der Waals surface area contributed by atoms with Crippen molar-refractivity contribution in [1.29, 1.82) is 0 Å². The molecular weight excluding hydrogens is 192 g/mol. The average Bonchev–Trinajstić information content (AvgIpc) is 2.67. The first kappa shape index (κ1) is 9.99. The largest absolute Gasteiger partial charge is 0.368 e. The van der Waals surface area contributed by atoms with Crippen molar-refractivity contribution >= 4 is 17.0 Å². The minimum Gasteiger partial charge on any atom is -0.368 e. The summed E-state index contributed by atoms with van der Waals surface area (Å²) in [4.78, 5) is 2.48. The molecule has 1 aliphatic heterocycles. The monoisotopic (exact) mass is 210 g/mol. The Morgan fingerprint density at radius 1 is 1.50 bits per heavy atom. The van der Waals surface area contributed by atoms with Gasteiger partial charge in [0.2, 0.25) is 0 Å². The Kier molecular flexibility index (Phi) is 2.79. The maximum atomic E-state index is 6.06. The lowest BCUT2D eigenvalue weighted by molar-refractivity contribution is 0.316. The van der Waals surface area contributed by atoms with Gasteiger partial charge in [-0.25, -0.2) is 0 Å². The lowest BCUT2D eigenvalue weighted by Gasteiger charge is -2.42. The smallest absolute Gasteiger partial charge is 0.0477 e. The number of piperidine rings is 1. The van der Waals surface area contributed by atoms with Crippen LogP contribution in [0.1, 0.15) is 20.3 Å². The van der Waals surface area contributed by atoms with Crippen molar-refractivity contribution < 1.29 is 0 Å². The summed E-state index contributed by atoms with van der Waals surface area (Å²) in [6, 6.07) is 3.14. The number of hydrogen-bond acceptors (Lipinski definition) is 3. The van der Waals surface area contributed by atoms with Gasteiger partial charge in [-0.2, -0.15) is 11.3 Å². The number of nitrogens with zero attached hydrogens (tertiary/aromatic N) is 1. The third kappa shape index (κ3) is 1.66. The maximum absolute atomic E-state index is 6.06. The van der Waals surface area contributed by atoms with E-state index in [0.717, 1.165) is 13.0 Å². The Bertz CT molecular complexity index is 283. The Morgan fingerprint density at radius 3 is 2.93 bits per heavy atom. The first-order valence-corrected chi connectivity index (χ1v) is 6.19. The summed E-state index contributed by atoms with van der Waals surface area (Å²) in [5.74, 6) is 0.587. The second-order valence-electron chi connectivity index (χ2n) is 4.23. The van der Waals surface area contributed by atoms with Gasteiger partial charge in [0, 0.05) is 29.7 Å². The van der Waals surface area contributed by atoms with Gasteiger partial charge in [0.15, 0.2) is 0 Å². The molecule has 2 heterocycles. The van der Waals surface area contributed by atoms with Gasteiger partial charge in [-0.1, -0.05) is 6.92 Å². The molecular formula is C11H18N2S. The molecule has 78 valence electrons. The normalized spacial score (nSPS) is 33.4. The van der Waals surface area contributed by atoms with Gasteiger partial charge in [0.1, 0.15) is 0 Å². The van der Waals surface area contributed by atoms with E-state index in [0.29, 0.717) is 18.0 Å². The zero-order valence-electron chi connectivity index (χ0n) is 8.81. The molecule has 1 aromatic heterocycles. The molecule has 0 saturated carbocycles. The Labute approximate surface area is 89.7 Å². The van der Waals surface area contributed by atoms with E-state index in [1.54, 1.807) is 11.3 Å². The molecule has 0 spiro atoms. The van der Waals surface area contributed by atoms with Crippen LogP contribution in [0.2, 0.25) is 0 Å². The van der Waals surface area contributed by atoms with Crippen molar-refractivity contribution in [1.82, 2.24) is 0 Å². The highest BCUT2D eigenvalue weighted by Gasteiger charge is 2.30. The standard InChI is InChI=1S/C11H18N2S/c1-8-9(2)13(5-3-11(8)12)10-4-6-14-7-10/h4,6-9,11H,3,5,12H2,1-2H3. The molecule has 3 unspecified atom stereocenters. The SMILES string of the molecule is CC1C(N)CCN(c2ccsc2)C1C. The number of thiophene rings is 1. The molecule has 1 fully saturated rings. The van der Waals surface area contributed by atoms with Crippen molar-refractivity contribution in [3.63, 3.8) is 0 Å². The van der Waals surface area contributed by atoms with Crippen molar-refractivity contribution in [2.24, 2.45) is 11.7 Å². The quantitative estimate of drug-likeness (QED) is 0.770. The molecule has 0 aromatic carbocycles. The van der Waals surface area contributed by atoms with Crippen molar-refractivity contribution in [2.45, 2.75) is 32.4 Å². The summed E-state index contributed by atoms with van der Waals surface area (Å²) < 4.78 is 0. The fraction of sp³-hybridized carbons (Fsp3) is 0.636. The Morgan fingerprint density at radius 2 is 2.29 bits per heavy atom. The van der Waals surface area contributed by atoms with Crippen LogP contribution in [0.25, 0.3) is 0 Å². The molecule has 2 nitrogen and oxygen atoms in total. The minimum atomic E-state index is 0.375. The lowest BCUT2D eigenvalue weighted by Crippen LogP contribution is -2.51. The first-order valence-electron chi connectivity index (χ1n) is 5.24. The average molecular weight is 210 g/mol. The number of nitrogens with two attached hydrogens (primary N) is 1. The topological polar surface area (TPSA) is 29.3 Å². The predicted molar refractivity (Wildman–Crippen MR) is 62.9 cm³/mol. The van der Waals surface area contributed by atoms with Crippen molar-refractivity contribution in [2.75, 3.05) is 11.4 Å². The van der Waals surface area contributed by atoms with Gasteiger partial charge in [-0.15, -0.1) is 0 Å². The van der Waals surface area contributed by atoms with E-state index in [-0.39, 0.29) is 0 Å². The molecule has 0 aliphatic carbocycles. The van der Waals surface area contributed by atoms with Crippen LogP contribution < -0.4 is 10.6 Å². The van der Waals surface area contributed by atoms with E-state index in [9.17, 15) is 0 Å². The van der Waals surface area contributed by atoms with E-state index in [4.69, 9.17) is 5.73 Å². The summed E-state index contributed by atoms with van der Waals surface area (Å²) >= 11 is 1.76. The Hall–Kier alpha value is -0.540. The molecule has 1 aromatic rings. The molecule has 0 radical (unpaired) electrons. The zero-order chi connectivity index (χ0) is 10.1. The molecule has 14 heavy (non-hydrogen) atoms. The fourth-order valence-corrected chi connectivity index (χ4v) is 2.83. The third-order valence-electron chi connectivity index (χ3n) is 3.47. The highest BCUT2D eigenvalue weighted by atomic mass is 32.1. The zero-order valence-corrected chi connectivity index (χ0v) is 9.63. The molecule has 0 amide bonds. The van der Waals surface area contributed by atoms with Gasteiger partial charge in [0.05, 0.1) is 0 Å². The summed E-state index contributed by atoms with van der Waals surface area (Å²) in [7, 11) is 0. The van der Waals surface area contributed by atoms with Crippen LogP contribution in [-0.2, 0) is 0 Å². The highest BCUT2D eigenvalue weighted by Crippen LogP contribution is 2.29. The maximum Gasteiger partial charge on any atom is 0.0477 e. The van der Waals surface area contributed by atoms with E-state index in [2.05, 4.69) is 35.6 Å². The number of hydrogen-bond donors (Lipinski definition) is 1. The van der Waals surface area contributed by atoms with Gasteiger partial charge in [-0.3, -0.25) is 0 Å². The first-order chi connectivity index (χ1) is 6.70. The van der Waals surface area contributed by atoms with Crippen LogP contribution in [0, 0.1) is 5.92 Å². The molecule has 1 saturated heterocycles. The molecule has 3 atom stereocenters. The minimum absolute atomic E-state index is 0.375. The number of anilines is 1. The van der Waals surface area contributed by atoms with Gasteiger partial charge in [0.25, 0.3) is 0 Å². The summed E-state index contributed by atoms with van der Waals surface area (Å²) in [6.45, 7) is 5.64. The molecule has 0 bridgehead atoms. The van der Waals surface area contributed by atoms with Crippen LogP contribution in [0.15, 0.2) is 16.8 Å². The van der Waals surface area contributed by atoms with E-state index in [1.807, 2.05) is 0 Å². The van der Waals surface area contributed by atoms with E-state index < -0.39 is 0 Å². The van der Waals surface area contributed by atoms with Gasteiger partial charge >= 0.3 is 0 Å². The molecule has 2 rings (SSSR count). The van der Waals surface area contributed by atoms with E-state index in [1.165, 1.54) is 5.69 Å². The second-order valence-corrected chi connectivity index (χ2v) is 5.01. The van der Waals surface area contributed by atoms with Crippen LogP contribution in [0.4, 0.5) is 5.69 Å². The van der Waals surface area contributed by atoms with Gasteiger partial charge in [-0.05, 0) is 30.7 Å². The second kappa shape index (κ2) is 3.91. The fourth-order valence-electron chi connectivity index (χ4n) is 2.18. The van der Waals surface area contributed by atoms with Crippen molar-refractivity contribution in [3.05, 3.63) is 16.8 Å². The number of rotatable bonds is 1. The van der Waals surface area contributed by atoms with Crippen LogP contribution in [-0.4, -0.2) is 18.6 Å². The molecule has 3 heteroatoms. The predicted octanol–water partition coefficient (Wildman–Crippen LogP) is 2.31. The summed E-state index contributed by atoms with van der Waals surface area (Å²) in [6.07, 6.45) is 1.11. The summed E-state index contributed by atoms with van der Waals surface area (Å²) in [5, 5.41) is 4.36. The van der Waals surface area contributed by atoms with Crippen LogP contribution in [0.3, 0.4) is 0 Å². The van der Waals surface area contributed by atoms with Gasteiger partial charge < -0.3 is 10.6 Å². The van der Waals surface area contributed by atoms with Crippen LogP contribution in [0.5, 0.6) is 0 Å². The van der Waals surface area contributed by atoms with E-state index >= 15 is 0 Å². The third-order valence-corrected chi connectivity index (χ3v) is 4.14. The lowest BCUT2D eigenvalue weighted by atomic mass is 9.87. The highest BCUT2D eigenvalue weighted by molar-refractivity contribution is 7.08. The van der Waals surface area contributed by atoms with Crippen molar-refractivity contribution in [3.8, 4) is 0 Å². The Balaban J connectivity index is 2.14. The van der Waals surface area contributed by atoms with Crippen LogP contribution >= 0.6 is 11.3 Å². The molecule has 1 aliphatic rings. The summed E-state index contributed by atoms with van der Waals surface area (Å²) in [5.41, 5.74) is 7.42. The molecule has 2 N–H and O–H groups in total.